The summed E-state index contributed by atoms with van der Waals surface area (Å²) >= 11 is 3.25. The molecule has 0 aromatic heterocycles. The standard InChI is InChI=1S/C14H7BrFNO2/c15-14-9(8-18)2-1-3-13(14)19-12-5-4-11(16)6-10(12)7-17/h1-6,8H. The van der Waals surface area contributed by atoms with Crippen LogP contribution in [-0.4, -0.2) is 6.29 Å². The molecule has 0 bridgehead atoms. The summed E-state index contributed by atoms with van der Waals surface area (Å²) in [6.07, 6.45) is 0.687. The molecule has 5 heteroatoms. The van der Waals surface area contributed by atoms with Crippen LogP contribution in [0.3, 0.4) is 0 Å². The Morgan fingerprint density at radius 3 is 2.74 bits per heavy atom. The van der Waals surface area contributed by atoms with Gasteiger partial charge in [0.1, 0.15) is 23.4 Å². The Morgan fingerprint density at radius 1 is 1.26 bits per heavy atom. The van der Waals surface area contributed by atoms with Crippen LogP contribution >= 0.6 is 15.9 Å². The maximum atomic E-state index is 13.0. The average molecular weight is 320 g/mol. The van der Waals surface area contributed by atoms with Crippen LogP contribution in [0, 0.1) is 17.1 Å². The lowest BCUT2D eigenvalue weighted by Crippen LogP contribution is -1.92. The third kappa shape index (κ3) is 2.80. The summed E-state index contributed by atoms with van der Waals surface area (Å²) in [5.74, 6) is 0.102. The first-order valence-corrected chi connectivity index (χ1v) is 6.06. The van der Waals surface area contributed by atoms with Gasteiger partial charge < -0.3 is 4.74 Å². The second kappa shape index (κ2) is 5.63. The van der Waals surface area contributed by atoms with Crippen molar-refractivity contribution in [3.8, 4) is 17.6 Å². The minimum absolute atomic E-state index is 0.0865. The van der Waals surface area contributed by atoms with Crippen LogP contribution < -0.4 is 4.74 Å². The molecule has 0 aliphatic carbocycles. The third-order valence-electron chi connectivity index (χ3n) is 2.40. The van der Waals surface area contributed by atoms with Crippen LogP contribution in [-0.2, 0) is 0 Å². The number of hydrogen-bond acceptors (Lipinski definition) is 3. The molecular formula is C14H7BrFNO2. The summed E-state index contributed by atoms with van der Waals surface area (Å²) in [4.78, 5) is 10.8. The van der Waals surface area contributed by atoms with Crippen LogP contribution in [0.1, 0.15) is 15.9 Å². The fourth-order valence-corrected chi connectivity index (χ4v) is 1.93. The maximum absolute atomic E-state index is 13.0. The lowest BCUT2D eigenvalue weighted by molar-refractivity contribution is 0.112. The number of aldehydes is 1. The molecule has 0 saturated heterocycles. The zero-order valence-corrected chi connectivity index (χ0v) is 11.1. The highest BCUT2D eigenvalue weighted by Crippen LogP contribution is 2.33. The molecule has 3 nitrogen and oxygen atoms in total. The highest BCUT2D eigenvalue weighted by Gasteiger charge is 2.10. The number of benzene rings is 2. The van der Waals surface area contributed by atoms with Gasteiger partial charge in [-0.1, -0.05) is 12.1 Å². The molecule has 94 valence electrons. The van der Waals surface area contributed by atoms with Crippen LogP contribution in [0.25, 0.3) is 0 Å². The van der Waals surface area contributed by atoms with E-state index < -0.39 is 5.82 Å². The van der Waals surface area contributed by atoms with Crippen molar-refractivity contribution < 1.29 is 13.9 Å². The van der Waals surface area contributed by atoms with Crippen molar-refractivity contribution in [3.05, 3.63) is 57.8 Å². The molecule has 2 aromatic rings. The number of hydrogen-bond donors (Lipinski definition) is 0. The maximum Gasteiger partial charge on any atom is 0.151 e. The zero-order valence-electron chi connectivity index (χ0n) is 9.56. The Bertz CT molecular complexity index is 680. The first-order valence-electron chi connectivity index (χ1n) is 5.27. The van der Waals surface area contributed by atoms with Gasteiger partial charge in [-0.15, -0.1) is 0 Å². The molecule has 0 heterocycles. The van der Waals surface area contributed by atoms with E-state index in [0.717, 1.165) is 6.07 Å². The van der Waals surface area contributed by atoms with Gasteiger partial charge in [0.15, 0.2) is 6.29 Å². The molecule has 0 radical (unpaired) electrons. The van der Waals surface area contributed by atoms with Gasteiger partial charge in [-0.05, 0) is 40.2 Å². The number of ether oxygens (including phenoxy) is 1. The number of halogens is 2. The summed E-state index contributed by atoms with van der Waals surface area (Å²) in [5.41, 5.74) is 0.515. The first-order chi connectivity index (χ1) is 9.15. The smallest absolute Gasteiger partial charge is 0.151 e. The number of nitriles is 1. The molecule has 0 N–H and O–H groups in total. The quantitative estimate of drug-likeness (QED) is 0.801. The summed E-state index contributed by atoms with van der Waals surface area (Å²) < 4.78 is 19.0. The van der Waals surface area contributed by atoms with E-state index in [-0.39, 0.29) is 11.3 Å². The van der Waals surface area contributed by atoms with Crippen molar-refractivity contribution in [1.29, 1.82) is 5.26 Å². The van der Waals surface area contributed by atoms with E-state index in [1.54, 1.807) is 18.2 Å². The largest absolute Gasteiger partial charge is 0.455 e. The average Bonchev–Trinajstić information content (AvgIpc) is 2.42. The Hall–Kier alpha value is -2.19. The van der Waals surface area contributed by atoms with Gasteiger partial charge in [-0.3, -0.25) is 4.79 Å². The number of carbonyl (C=O) groups excluding carboxylic acids is 1. The molecule has 2 rings (SSSR count). The summed E-state index contributed by atoms with van der Waals surface area (Å²) in [6, 6.07) is 10.4. The highest BCUT2D eigenvalue weighted by molar-refractivity contribution is 9.10. The van der Waals surface area contributed by atoms with Crippen molar-refractivity contribution in [3.63, 3.8) is 0 Å². The van der Waals surface area contributed by atoms with E-state index in [4.69, 9.17) is 10.00 Å². The number of rotatable bonds is 3. The van der Waals surface area contributed by atoms with E-state index in [2.05, 4.69) is 15.9 Å². The van der Waals surface area contributed by atoms with Gasteiger partial charge in [0.2, 0.25) is 0 Å². The van der Waals surface area contributed by atoms with Crippen LogP contribution in [0.5, 0.6) is 11.5 Å². The van der Waals surface area contributed by atoms with Crippen molar-refractivity contribution in [2.45, 2.75) is 0 Å². The van der Waals surface area contributed by atoms with Crippen molar-refractivity contribution in [1.82, 2.24) is 0 Å². The predicted octanol–water partition coefficient (Wildman–Crippen LogP) is 4.06. The van der Waals surface area contributed by atoms with Gasteiger partial charge in [0, 0.05) is 5.56 Å². The topological polar surface area (TPSA) is 50.1 Å². The molecule has 0 unspecified atom stereocenters. The molecule has 0 fully saturated rings. The first kappa shape index (κ1) is 13.2. The lowest BCUT2D eigenvalue weighted by atomic mass is 10.2. The summed E-state index contributed by atoms with van der Waals surface area (Å²) in [6.45, 7) is 0. The second-order valence-corrected chi connectivity index (χ2v) is 4.42. The van der Waals surface area contributed by atoms with Crippen molar-refractivity contribution >= 4 is 22.2 Å². The van der Waals surface area contributed by atoms with Crippen molar-refractivity contribution in [2.24, 2.45) is 0 Å². The fraction of sp³-hybridized carbons (Fsp3) is 0. The summed E-state index contributed by atoms with van der Waals surface area (Å²) in [7, 11) is 0. The van der Waals surface area contributed by atoms with E-state index in [1.807, 2.05) is 6.07 Å². The van der Waals surface area contributed by atoms with Gasteiger partial charge in [0.25, 0.3) is 0 Å². The van der Waals surface area contributed by atoms with Crippen molar-refractivity contribution in [2.75, 3.05) is 0 Å². The molecule has 0 aliphatic heterocycles. The summed E-state index contributed by atoms with van der Waals surface area (Å²) in [5, 5.41) is 8.93. The Balaban J connectivity index is 2.42. The van der Waals surface area contributed by atoms with Crippen LogP contribution in [0.4, 0.5) is 4.39 Å². The molecule has 0 amide bonds. The van der Waals surface area contributed by atoms with Crippen LogP contribution in [0.2, 0.25) is 0 Å². The Morgan fingerprint density at radius 2 is 2.05 bits per heavy atom. The molecular weight excluding hydrogens is 313 g/mol. The van der Waals surface area contributed by atoms with Gasteiger partial charge in [-0.25, -0.2) is 4.39 Å². The Labute approximate surface area is 117 Å². The predicted molar refractivity (Wildman–Crippen MR) is 70.7 cm³/mol. The zero-order chi connectivity index (χ0) is 13.8. The molecule has 0 saturated carbocycles. The van der Waals surface area contributed by atoms with Gasteiger partial charge in [0.05, 0.1) is 10.0 Å². The SMILES string of the molecule is N#Cc1cc(F)ccc1Oc1cccc(C=O)c1Br. The molecule has 2 aromatic carbocycles. The fourth-order valence-electron chi connectivity index (χ4n) is 1.49. The van der Waals surface area contributed by atoms with E-state index in [9.17, 15) is 9.18 Å². The normalized spacial score (nSPS) is 9.74. The Kier molecular flexibility index (Phi) is 3.93. The monoisotopic (exact) mass is 319 g/mol. The highest BCUT2D eigenvalue weighted by atomic mass is 79.9. The number of carbonyl (C=O) groups is 1. The van der Waals surface area contributed by atoms with E-state index >= 15 is 0 Å². The molecule has 19 heavy (non-hydrogen) atoms. The van der Waals surface area contributed by atoms with Crippen LogP contribution in [0.15, 0.2) is 40.9 Å². The third-order valence-corrected chi connectivity index (χ3v) is 3.25. The van der Waals surface area contributed by atoms with E-state index in [1.165, 1.54) is 12.1 Å². The molecule has 0 aliphatic rings. The van der Waals surface area contributed by atoms with E-state index in [0.29, 0.717) is 22.1 Å². The minimum Gasteiger partial charge on any atom is -0.455 e. The lowest BCUT2D eigenvalue weighted by Gasteiger charge is -2.10. The second-order valence-electron chi connectivity index (χ2n) is 3.63. The van der Waals surface area contributed by atoms with Gasteiger partial charge >= 0.3 is 0 Å². The molecule has 0 atom stereocenters. The minimum atomic E-state index is -0.510. The molecule has 0 spiro atoms. The van der Waals surface area contributed by atoms with Gasteiger partial charge in [-0.2, -0.15) is 5.26 Å². The number of nitrogens with zero attached hydrogens (tertiary/aromatic N) is 1.